The summed E-state index contributed by atoms with van der Waals surface area (Å²) >= 11 is 0. The van der Waals surface area contributed by atoms with Crippen LogP contribution in [0, 0.1) is 0 Å². The largest absolute Gasteiger partial charge is 0.456 e. The van der Waals surface area contributed by atoms with Crippen LogP contribution in [0.15, 0.2) is 156 Å². The number of benzene rings is 6. The van der Waals surface area contributed by atoms with Gasteiger partial charge in [-0.05, 0) is 59.8 Å². The van der Waals surface area contributed by atoms with Gasteiger partial charge in [-0.15, -0.1) is 0 Å². The van der Waals surface area contributed by atoms with E-state index in [1.165, 1.54) is 53.9 Å². The molecule has 0 saturated carbocycles. The molecule has 4 aromatic heterocycles. The zero-order chi connectivity index (χ0) is 32.0. The molecule has 0 N–H and O–H groups in total. The lowest BCUT2D eigenvalue weighted by Crippen LogP contribution is -2.53. The predicted octanol–water partition coefficient (Wildman–Crippen LogP) is 10.00. The highest BCUT2D eigenvalue weighted by molar-refractivity contribution is 7.01. The third-order valence-electron chi connectivity index (χ3n) is 10.3. The van der Waals surface area contributed by atoms with Crippen LogP contribution in [0.4, 0.5) is 0 Å². The second-order valence-corrected chi connectivity index (χ2v) is 17.6. The Bertz CT molecular complexity index is 2870. The van der Waals surface area contributed by atoms with E-state index >= 15 is 0 Å². The Morgan fingerprint density at radius 3 is 2.04 bits per heavy atom. The molecule has 10 rings (SSSR count). The number of para-hydroxylation sites is 4. The maximum absolute atomic E-state index is 6.53. The van der Waals surface area contributed by atoms with Gasteiger partial charge in [0.25, 0.3) is 0 Å². The third kappa shape index (κ3) is 3.79. The summed E-state index contributed by atoms with van der Waals surface area (Å²) in [5.74, 6) is 0. The van der Waals surface area contributed by atoms with E-state index in [0.29, 0.717) is 0 Å². The highest BCUT2D eigenvalue weighted by atomic mass is 28.3. The summed E-state index contributed by atoms with van der Waals surface area (Å²) in [6.07, 6.45) is 3.87. The second kappa shape index (κ2) is 10.0. The summed E-state index contributed by atoms with van der Waals surface area (Å²) in [6.45, 7) is 4.89. The maximum Gasteiger partial charge on any atom is 0.135 e. The van der Waals surface area contributed by atoms with E-state index < -0.39 is 8.07 Å². The van der Waals surface area contributed by atoms with Gasteiger partial charge in [0.15, 0.2) is 0 Å². The third-order valence-corrected chi connectivity index (χ3v) is 13.8. The maximum atomic E-state index is 6.53. The smallest absolute Gasteiger partial charge is 0.135 e. The topological polar surface area (TPSA) is 35.9 Å². The van der Waals surface area contributed by atoms with E-state index in [4.69, 9.17) is 4.42 Å². The summed E-state index contributed by atoms with van der Waals surface area (Å²) in [4.78, 5) is 4.53. The Kier molecular flexibility index (Phi) is 5.70. The molecule has 0 fully saturated rings. The summed E-state index contributed by atoms with van der Waals surface area (Å²) in [5, 5.41) is 9.95. The lowest BCUT2D eigenvalue weighted by Gasteiger charge is -2.24. The van der Waals surface area contributed by atoms with Gasteiger partial charge < -0.3 is 13.6 Å². The number of pyridine rings is 1. The Morgan fingerprint density at radius 1 is 0.500 bits per heavy atom. The molecule has 0 amide bonds. The fourth-order valence-electron chi connectivity index (χ4n) is 7.88. The first-order chi connectivity index (χ1) is 23.6. The van der Waals surface area contributed by atoms with Gasteiger partial charge >= 0.3 is 0 Å². The van der Waals surface area contributed by atoms with Crippen molar-refractivity contribution >= 4 is 84.0 Å². The average molecular weight is 634 g/mol. The average Bonchev–Trinajstić information content (AvgIpc) is 3.79. The monoisotopic (exact) mass is 633 g/mol. The van der Waals surface area contributed by atoms with E-state index in [0.717, 1.165) is 33.4 Å². The van der Waals surface area contributed by atoms with Crippen LogP contribution in [0.1, 0.15) is 0 Å². The summed E-state index contributed by atoms with van der Waals surface area (Å²) in [6, 6.07) is 50.5. The summed E-state index contributed by atoms with van der Waals surface area (Å²) < 4.78 is 11.3. The molecule has 0 spiro atoms. The first kappa shape index (κ1) is 27.2. The van der Waals surface area contributed by atoms with Crippen molar-refractivity contribution < 1.29 is 4.42 Å². The number of aromatic nitrogens is 3. The number of rotatable bonds is 4. The van der Waals surface area contributed by atoms with E-state index in [9.17, 15) is 0 Å². The first-order valence-electron chi connectivity index (χ1n) is 16.5. The van der Waals surface area contributed by atoms with E-state index in [1.807, 2.05) is 18.5 Å². The molecule has 0 aliphatic heterocycles. The lowest BCUT2D eigenvalue weighted by molar-refractivity contribution is 0.671. The summed E-state index contributed by atoms with van der Waals surface area (Å²) in [7, 11) is -2.17. The van der Waals surface area contributed by atoms with Crippen LogP contribution in [0.25, 0.3) is 76.9 Å². The molecule has 0 bridgehead atoms. The van der Waals surface area contributed by atoms with Crippen molar-refractivity contribution in [2.24, 2.45) is 0 Å². The minimum atomic E-state index is -2.17. The predicted molar refractivity (Wildman–Crippen MR) is 203 cm³/mol. The van der Waals surface area contributed by atoms with Crippen LogP contribution in [0.5, 0.6) is 0 Å². The molecule has 5 heteroatoms. The van der Waals surface area contributed by atoms with Gasteiger partial charge in [-0.25, -0.2) is 0 Å². The normalized spacial score (nSPS) is 12.4. The lowest BCUT2D eigenvalue weighted by atomic mass is 10.1. The molecule has 0 unspecified atom stereocenters. The Labute approximate surface area is 278 Å². The molecule has 4 nitrogen and oxygen atoms in total. The fraction of sp³-hybridized carbons (Fsp3) is 0.0465. The first-order valence-corrected chi connectivity index (χ1v) is 19.5. The Morgan fingerprint density at radius 2 is 1.17 bits per heavy atom. The molecule has 0 aliphatic rings. The van der Waals surface area contributed by atoms with Gasteiger partial charge in [-0.2, -0.15) is 0 Å². The van der Waals surface area contributed by atoms with E-state index in [2.05, 4.69) is 161 Å². The van der Waals surface area contributed by atoms with Crippen LogP contribution in [0.3, 0.4) is 0 Å². The highest BCUT2D eigenvalue weighted by Crippen LogP contribution is 2.37. The van der Waals surface area contributed by atoms with E-state index in [-0.39, 0.29) is 0 Å². The minimum Gasteiger partial charge on any atom is -0.456 e. The van der Waals surface area contributed by atoms with Gasteiger partial charge in [0.2, 0.25) is 0 Å². The van der Waals surface area contributed by atoms with Crippen molar-refractivity contribution in [3.8, 4) is 11.4 Å². The number of fused-ring (bicyclic) bond motifs is 9. The molecular formula is C43H31N3OSi. The van der Waals surface area contributed by atoms with Gasteiger partial charge in [-0.1, -0.05) is 103 Å². The van der Waals surface area contributed by atoms with Crippen molar-refractivity contribution in [1.29, 1.82) is 0 Å². The quantitative estimate of drug-likeness (QED) is 0.181. The van der Waals surface area contributed by atoms with E-state index in [1.54, 1.807) is 0 Å². The van der Waals surface area contributed by atoms with Crippen LogP contribution in [-0.4, -0.2) is 22.2 Å². The molecule has 48 heavy (non-hydrogen) atoms. The molecule has 4 heterocycles. The van der Waals surface area contributed by atoms with Crippen molar-refractivity contribution in [2.75, 3.05) is 0 Å². The SMILES string of the molecule is C[Si](C)(c1ccc2c(c1)c1ccccc1n2-c1ccc2c(c1)c1cnccc1n2-c1ccccc1)c1cccc2c1oc1ccccc12. The number of furan rings is 1. The van der Waals surface area contributed by atoms with Crippen molar-refractivity contribution in [3.63, 3.8) is 0 Å². The molecular weight excluding hydrogens is 603 g/mol. The number of hydrogen-bond acceptors (Lipinski definition) is 2. The molecule has 6 aromatic carbocycles. The fourth-order valence-corrected chi connectivity index (χ4v) is 10.5. The zero-order valence-corrected chi connectivity index (χ0v) is 27.7. The van der Waals surface area contributed by atoms with Crippen LogP contribution >= 0.6 is 0 Å². The molecule has 10 aromatic rings. The second-order valence-electron chi connectivity index (χ2n) is 13.3. The standard InChI is InChI=1S/C43H31N3OSi/c1-48(2,42-18-10-15-33-32-14-7-9-17-41(32)47-43(33)42)30-20-22-39-35(26-30)31-13-6-8-16-37(31)46(39)29-19-21-38-34(25-29)36-27-44-24-23-40(36)45(38)28-11-4-3-5-12-28/h3-27H,1-2H3. The van der Waals surface area contributed by atoms with Crippen LogP contribution < -0.4 is 10.4 Å². The van der Waals surface area contributed by atoms with Gasteiger partial charge in [0.05, 0.1) is 22.1 Å². The van der Waals surface area contributed by atoms with Crippen LogP contribution in [0.2, 0.25) is 13.1 Å². The van der Waals surface area contributed by atoms with Crippen LogP contribution in [-0.2, 0) is 0 Å². The summed E-state index contributed by atoms with van der Waals surface area (Å²) in [5.41, 5.74) is 8.99. The molecule has 0 atom stereocenters. The minimum absolute atomic E-state index is 0.947. The number of nitrogens with zero attached hydrogens (tertiary/aromatic N) is 3. The van der Waals surface area contributed by atoms with Crippen molar-refractivity contribution in [1.82, 2.24) is 14.1 Å². The molecule has 228 valence electrons. The van der Waals surface area contributed by atoms with Gasteiger partial charge in [-0.3, -0.25) is 4.98 Å². The van der Waals surface area contributed by atoms with Gasteiger partial charge in [0, 0.05) is 56.1 Å². The van der Waals surface area contributed by atoms with Crippen molar-refractivity contribution in [3.05, 3.63) is 152 Å². The van der Waals surface area contributed by atoms with Crippen molar-refractivity contribution in [2.45, 2.75) is 13.1 Å². The zero-order valence-electron chi connectivity index (χ0n) is 26.7. The highest BCUT2D eigenvalue weighted by Gasteiger charge is 2.31. The Balaban J connectivity index is 1.18. The van der Waals surface area contributed by atoms with Gasteiger partial charge in [0.1, 0.15) is 19.2 Å². The number of hydrogen-bond donors (Lipinski definition) is 0. The molecule has 0 radical (unpaired) electrons. The Hall–Kier alpha value is -5.91. The molecule has 0 aliphatic carbocycles. The molecule has 0 saturated heterocycles.